The third-order valence-electron chi connectivity index (χ3n) is 5.71. The summed E-state index contributed by atoms with van der Waals surface area (Å²) in [4.78, 5) is 31.5. The fourth-order valence-electron chi connectivity index (χ4n) is 4.13. The van der Waals surface area contributed by atoms with E-state index in [2.05, 4.69) is 23.8 Å². The molecule has 1 aliphatic carbocycles. The van der Waals surface area contributed by atoms with E-state index in [-0.39, 0.29) is 30.0 Å². The maximum Gasteiger partial charge on any atom is 0.337 e. The van der Waals surface area contributed by atoms with Crippen molar-refractivity contribution in [1.82, 2.24) is 9.97 Å². The van der Waals surface area contributed by atoms with Crippen LogP contribution >= 0.6 is 0 Å². The second-order valence-electron chi connectivity index (χ2n) is 7.87. The Morgan fingerprint density at radius 3 is 2.76 bits per heavy atom. The zero-order valence-corrected chi connectivity index (χ0v) is 17.5. The van der Waals surface area contributed by atoms with Crippen molar-refractivity contribution >= 4 is 11.1 Å². The average molecular weight is 405 g/mol. The van der Waals surface area contributed by atoms with Gasteiger partial charge in [0, 0.05) is 6.07 Å². The molecule has 2 aromatic heterocycles. The molecule has 1 atom stereocenters. The molecule has 160 valence electrons. The second-order valence-corrected chi connectivity index (χ2v) is 7.87. The highest BCUT2D eigenvalue weighted by Gasteiger charge is 2.18. The number of nitrogens with one attached hydrogen (secondary N) is 1. The highest BCUT2D eigenvalue weighted by molar-refractivity contribution is 5.75. The van der Waals surface area contributed by atoms with Crippen LogP contribution in [0.5, 0.6) is 6.01 Å². The van der Waals surface area contributed by atoms with E-state index in [4.69, 9.17) is 13.9 Å². The Bertz CT molecular complexity index is 898. The summed E-state index contributed by atoms with van der Waals surface area (Å²) in [6.07, 6.45) is 9.90. The molecule has 2 aromatic rings. The molecular weight excluding hydrogens is 372 g/mol. The van der Waals surface area contributed by atoms with Crippen molar-refractivity contribution in [3.8, 4) is 6.01 Å². The summed E-state index contributed by atoms with van der Waals surface area (Å²) >= 11 is 0. The van der Waals surface area contributed by atoms with Gasteiger partial charge >= 0.3 is 5.63 Å². The Hall–Kier alpha value is -2.15. The summed E-state index contributed by atoms with van der Waals surface area (Å²) in [6, 6.07) is 1.46. The zero-order chi connectivity index (χ0) is 20.6. The molecule has 1 aliphatic rings. The van der Waals surface area contributed by atoms with Gasteiger partial charge in [-0.1, -0.05) is 46.0 Å². The van der Waals surface area contributed by atoms with Gasteiger partial charge in [0.15, 0.2) is 0 Å². The van der Waals surface area contributed by atoms with Crippen molar-refractivity contribution < 1.29 is 13.9 Å². The average Bonchev–Trinajstić information content (AvgIpc) is 3.21. The van der Waals surface area contributed by atoms with Gasteiger partial charge in [-0.05, 0) is 37.2 Å². The summed E-state index contributed by atoms with van der Waals surface area (Å²) in [5.41, 5.74) is -0.0849. The third-order valence-corrected chi connectivity index (χ3v) is 5.71. The van der Waals surface area contributed by atoms with Crippen LogP contribution in [0.1, 0.15) is 70.8 Å². The molecule has 1 fully saturated rings. The first-order valence-electron chi connectivity index (χ1n) is 10.9. The van der Waals surface area contributed by atoms with Gasteiger partial charge in [0.25, 0.3) is 11.6 Å². The number of aromatic nitrogens is 2. The number of nitrogens with zero attached hydrogens (tertiary/aromatic N) is 1. The quantitative estimate of drug-likeness (QED) is 0.570. The van der Waals surface area contributed by atoms with Crippen LogP contribution in [0, 0.1) is 5.92 Å². The first-order valence-corrected chi connectivity index (χ1v) is 10.9. The summed E-state index contributed by atoms with van der Waals surface area (Å²) in [5.74, 6) is 0.673. The van der Waals surface area contributed by atoms with E-state index >= 15 is 0 Å². The maximum absolute atomic E-state index is 12.6. The summed E-state index contributed by atoms with van der Waals surface area (Å²) in [5, 5.41) is 0.347. The SMILES string of the molecule is CCCC(CC)OCCOc1nc2oc(=O)cc(CCC3CCCC3)c2c(=O)[nH]1. The lowest BCUT2D eigenvalue weighted by molar-refractivity contribution is 0.0249. The Kier molecular flexibility index (Phi) is 7.86. The summed E-state index contributed by atoms with van der Waals surface area (Å²) < 4.78 is 16.5. The molecule has 3 rings (SSSR count). The number of rotatable bonds is 11. The number of H-pyrrole nitrogens is 1. The highest BCUT2D eigenvalue weighted by Crippen LogP contribution is 2.29. The molecule has 0 aromatic carbocycles. The molecule has 1 unspecified atom stereocenters. The molecule has 0 radical (unpaired) electrons. The smallest absolute Gasteiger partial charge is 0.337 e. The van der Waals surface area contributed by atoms with Gasteiger partial charge in [0.05, 0.1) is 12.7 Å². The minimum Gasteiger partial charge on any atom is -0.462 e. The Morgan fingerprint density at radius 2 is 2.03 bits per heavy atom. The predicted octanol–water partition coefficient (Wildman–Crippen LogP) is 3.97. The van der Waals surface area contributed by atoms with Crippen LogP contribution in [-0.2, 0) is 11.2 Å². The predicted molar refractivity (Wildman–Crippen MR) is 112 cm³/mol. The van der Waals surface area contributed by atoms with Crippen molar-refractivity contribution in [3.05, 3.63) is 32.4 Å². The monoisotopic (exact) mass is 404 g/mol. The zero-order valence-electron chi connectivity index (χ0n) is 17.5. The van der Waals surface area contributed by atoms with Gasteiger partial charge < -0.3 is 13.9 Å². The molecule has 0 aliphatic heterocycles. The minimum atomic E-state index is -0.489. The van der Waals surface area contributed by atoms with Crippen LogP contribution in [0.15, 0.2) is 20.1 Å². The molecule has 0 amide bonds. The second kappa shape index (κ2) is 10.6. The number of ether oxygens (including phenoxy) is 2. The van der Waals surface area contributed by atoms with Crippen LogP contribution in [-0.4, -0.2) is 29.3 Å². The van der Waals surface area contributed by atoms with Gasteiger partial charge in [-0.15, -0.1) is 0 Å². The molecule has 29 heavy (non-hydrogen) atoms. The third kappa shape index (κ3) is 5.92. The normalized spacial score (nSPS) is 15.8. The molecular formula is C22H32N2O5. The molecule has 7 nitrogen and oxygen atoms in total. The topological polar surface area (TPSA) is 94.4 Å². The number of fused-ring (bicyclic) bond motifs is 1. The molecule has 0 saturated heterocycles. The van der Waals surface area contributed by atoms with E-state index in [1.54, 1.807) is 0 Å². The van der Waals surface area contributed by atoms with E-state index in [0.717, 1.165) is 25.7 Å². The maximum atomic E-state index is 12.6. The van der Waals surface area contributed by atoms with Crippen LogP contribution in [0.3, 0.4) is 0 Å². The molecule has 0 spiro atoms. The molecule has 2 heterocycles. The number of hydrogen-bond acceptors (Lipinski definition) is 6. The van der Waals surface area contributed by atoms with Crippen LogP contribution in [0.2, 0.25) is 0 Å². The first-order chi connectivity index (χ1) is 14.1. The lowest BCUT2D eigenvalue weighted by atomic mass is 9.97. The first kappa shape index (κ1) is 21.6. The van der Waals surface area contributed by atoms with E-state index in [1.807, 2.05) is 0 Å². The molecule has 1 N–H and O–H groups in total. The van der Waals surface area contributed by atoms with Crippen LogP contribution in [0.25, 0.3) is 11.1 Å². The fourth-order valence-corrected chi connectivity index (χ4v) is 4.13. The fraction of sp³-hybridized carbons (Fsp3) is 0.682. The Morgan fingerprint density at radius 1 is 1.24 bits per heavy atom. The Balaban J connectivity index is 1.68. The minimum absolute atomic E-state index is 0.0380. The lowest BCUT2D eigenvalue weighted by Gasteiger charge is -2.15. The van der Waals surface area contributed by atoms with E-state index in [0.29, 0.717) is 29.9 Å². The van der Waals surface area contributed by atoms with E-state index in [9.17, 15) is 9.59 Å². The summed E-state index contributed by atoms with van der Waals surface area (Å²) in [6.45, 7) is 4.89. The largest absolute Gasteiger partial charge is 0.462 e. The lowest BCUT2D eigenvalue weighted by Crippen LogP contribution is -2.19. The number of aryl methyl sites for hydroxylation is 1. The van der Waals surface area contributed by atoms with Crippen molar-refractivity contribution in [3.63, 3.8) is 0 Å². The van der Waals surface area contributed by atoms with Crippen molar-refractivity contribution in [2.75, 3.05) is 13.2 Å². The van der Waals surface area contributed by atoms with Gasteiger partial charge in [-0.25, -0.2) is 4.79 Å². The highest BCUT2D eigenvalue weighted by atomic mass is 16.5. The van der Waals surface area contributed by atoms with Gasteiger partial charge in [-0.2, -0.15) is 4.98 Å². The van der Waals surface area contributed by atoms with E-state index < -0.39 is 5.63 Å². The van der Waals surface area contributed by atoms with Crippen LogP contribution < -0.4 is 15.9 Å². The summed E-state index contributed by atoms with van der Waals surface area (Å²) in [7, 11) is 0. The molecule has 1 saturated carbocycles. The van der Waals surface area contributed by atoms with Gasteiger partial charge in [-0.3, -0.25) is 9.78 Å². The Labute approximate surface area is 170 Å². The van der Waals surface area contributed by atoms with Gasteiger partial charge in [0.2, 0.25) is 5.71 Å². The molecule has 7 heteroatoms. The van der Waals surface area contributed by atoms with Crippen molar-refractivity contribution in [1.29, 1.82) is 0 Å². The number of hydrogen-bond donors (Lipinski definition) is 1. The van der Waals surface area contributed by atoms with Crippen molar-refractivity contribution in [2.24, 2.45) is 5.92 Å². The van der Waals surface area contributed by atoms with Gasteiger partial charge in [0.1, 0.15) is 12.0 Å². The standard InChI is InChI=1S/C22H32N2O5/c1-3-7-17(4-2)27-12-13-28-22-23-20(26)19-16(11-10-15-8-5-6-9-15)14-18(25)29-21(19)24-22/h14-15,17H,3-13H2,1-2H3,(H,23,24,26). The van der Waals surface area contributed by atoms with Crippen molar-refractivity contribution in [2.45, 2.75) is 77.7 Å². The van der Waals surface area contributed by atoms with Crippen LogP contribution in [0.4, 0.5) is 0 Å². The number of aromatic amines is 1. The van der Waals surface area contributed by atoms with E-state index in [1.165, 1.54) is 31.7 Å². The molecule has 0 bridgehead atoms.